The van der Waals surface area contributed by atoms with Crippen molar-refractivity contribution in [3.8, 4) is 11.1 Å². The van der Waals surface area contributed by atoms with Gasteiger partial charge < -0.3 is 0 Å². The van der Waals surface area contributed by atoms with Crippen molar-refractivity contribution in [1.82, 2.24) is 0 Å². The second kappa shape index (κ2) is 6.93. The molecule has 0 aromatic heterocycles. The van der Waals surface area contributed by atoms with Gasteiger partial charge in [-0.2, -0.15) is 0 Å². The van der Waals surface area contributed by atoms with Gasteiger partial charge in [0.05, 0.1) is 0 Å². The van der Waals surface area contributed by atoms with Gasteiger partial charge in [0.15, 0.2) is 0 Å². The minimum absolute atomic E-state index is 0.168. The van der Waals surface area contributed by atoms with Crippen LogP contribution in [0.25, 0.3) is 11.1 Å². The summed E-state index contributed by atoms with van der Waals surface area (Å²) in [5.41, 5.74) is 5.41. The summed E-state index contributed by atoms with van der Waals surface area (Å²) in [7, 11) is -1.96. The molecule has 3 aromatic carbocycles. The average Bonchev–Trinajstić information content (AvgIpc) is 2.98. The zero-order chi connectivity index (χ0) is 20.2. The van der Waals surface area contributed by atoms with E-state index in [1.54, 1.807) is 0 Å². The van der Waals surface area contributed by atoms with Crippen LogP contribution in [-0.2, 0) is 16.4 Å². The SMILES string of the molecule is C[Si](C)(C)OC12c3ccccc3-c3cccc(c31)CC([Se]c1ccccc1)C2O. The van der Waals surface area contributed by atoms with Crippen LogP contribution in [0.3, 0.4) is 0 Å². The van der Waals surface area contributed by atoms with Crippen LogP contribution in [0.1, 0.15) is 16.7 Å². The zero-order valence-electron chi connectivity index (χ0n) is 17.1. The fraction of sp³-hybridized carbons (Fsp3) is 0.280. The third-order valence-electron chi connectivity index (χ3n) is 5.83. The number of benzene rings is 3. The Morgan fingerprint density at radius 3 is 2.34 bits per heavy atom. The molecule has 0 heterocycles. The molecule has 2 aliphatic carbocycles. The molecule has 2 aliphatic rings. The van der Waals surface area contributed by atoms with Crippen LogP contribution in [0.2, 0.25) is 24.5 Å². The van der Waals surface area contributed by atoms with E-state index in [-0.39, 0.29) is 19.8 Å². The van der Waals surface area contributed by atoms with E-state index in [4.69, 9.17) is 4.43 Å². The summed E-state index contributed by atoms with van der Waals surface area (Å²) in [6.07, 6.45) is 0.357. The Kier molecular flexibility index (Phi) is 4.61. The van der Waals surface area contributed by atoms with Crippen molar-refractivity contribution in [2.45, 2.75) is 42.6 Å². The van der Waals surface area contributed by atoms with E-state index < -0.39 is 20.0 Å². The van der Waals surface area contributed by atoms with E-state index in [2.05, 4.69) is 92.4 Å². The van der Waals surface area contributed by atoms with E-state index in [0.717, 1.165) is 12.0 Å². The Balaban J connectivity index is 1.72. The van der Waals surface area contributed by atoms with Crippen LogP contribution in [0, 0.1) is 0 Å². The molecule has 0 radical (unpaired) electrons. The molecule has 0 saturated heterocycles. The van der Waals surface area contributed by atoms with Crippen LogP contribution in [0.5, 0.6) is 0 Å². The number of fused-ring (bicyclic) bond motifs is 3. The molecule has 5 rings (SSSR count). The van der Waals surface area contributed by atoms with E-state index in [9.17, 15) is 5.11 Å². The number of aliphatic hydroxyl groups is 1. The number of hydrogen-bond acceptors (Lipinski definition) is 2. The molecule has 0 bridgehead atoms. The first-order valence-electron chi connectivity index (χ1n) is 10.2. The molecule has 1 N–H and O–H groups in total. The Morgan fingerprint density at radius 1 is 0.897 bits per heavy atom. The molecule has 0 amide bonds. The first-order chi connectivity index (χ1) is 13.9. The van der Waals surface area contributed by atoms with Gasteiger partial charge in [-0.05, 0) is 0 Å². The molecule has 0 saturated carbocycles. The van der Waals surface area contributed by atoms with Gasteiger partial charge in [0.2, 0.25) is 0 Å². The van der Waals surface area contributed by atoms with E-state index in [1.165, 1.54) is 26.7 Å². The van der Waals surface area contributed by atoms with Crippen LogP contribution in [-0.4, -0.2) is 34.5 Å². The molecule has 0 fully saturated rings. The van der Waals surface area contributed by atoms with Crippen LogP contribution < -0.4 is 4.46 Å². The number of rotatable bonds is 4. The van der Waals surface area contributed by atoms with Gasteiger partial charge in [-0.1, -0.05) is 0 Å². The molecule has 0 spiro atoms. The summed E-state index contributed by atoms with van der Waals surface area (Å²) in [6.45, 7) is 6.68. The normalized spacial score (nSPS) is 24.8. The third-order valence-corrected chi connectivity index (χ3v) is 9.43. The molecule has 148 valence electrons. The molecule has 2 nitrogen and oxygen atoms in total. The average molecular weight is 466 g/mol. The maximum absolute atomic E-state index is 11.9. The summed E-state index contributed by atoms with van der Waals surface area (Å²) in [5, 5.41) is 11.9. The molecule has 3 atom stereocenters. The van der Waals surface area contributed by atoms with Crippen LogP contribution >= 0.6 is 0 Å². The Morgan fingerprint density at radius 2 is 1.59 bits per heavy atom. The molecular formula is C25H26O2SeSi. The van der Waals surface area contributed by atoms with Crippen molar-refractivity contribution in [3.63, 3.8) is 0 Å². The van der Waals surface area contributed by atoms with Crippen molar-refractivity contribution >= 4 is 27.7 Å². The standard InChI is InChI=1S/C25H26O2SeSi/c1-29(2,3)27-25-21-15-8-7-13-19(21)20-14-9-10-17(23(20)25)16-22(24(25)26)28-18-11-5-4-6-12-18/h4-15,22,24,26H,16H2,1-3H3. The van der Waals surface area contributed by atoms with Gasteiger partial charge >= 0.3 is 180 Å². The first kappa shape index (κ1) is 19.3. The van der Waals surface area contributed by atoms with Crippen molar-refractivity contribution in [1.29, 1.82) is 0 Å². The van der Waals surface area contributed by atoms with Crippen molar-refractivity contribution in [2.24, 2.45) is 0 Å². The van der Waals surface area contributed by atoms with Gasteiger partial charge in [0.25, 0.3) is 0 Å². The molecule has 4 heteroatoms. The summed E-state index contributed by atoms with van der Waals surface area (Å²) in [4.78, 5) is 0.176. The van der Waals surface area contributed by atoms with Gasteiger partial charge in [-0.25, -0.2) is 0 Å². The number of hydrogen-bond donors (Lipinski definition) is 1. The molecule has 29 heavy (non-hydrogen) atoms. The monoisotopic (exact) mass is 466 g/mol. The Hall–Kier alpha value is -1.68. The van der Waals surface area contributed by atoms with Gasteiger partial charge in [0, 0.05) is 0 Å². The predicted molar refractivity (Wildman–Crippen MR) is 122 cm³/mol. The van der Waals surface area contributed by atoms with E-state index >= 15 is 0 Å². The van der Waals surface area contributed by atoms with Gasteiger partial charge in [0.1, 0.15) is 0 Å². The second-order valence-electron chi connectivity index (χ2n) is 8.95. The summed E-state index contributed by atoms with van der Waals surface area (Å²) >= 11 is 0.168. The van der Waals surface area contributed by atoms with E-state index in [1.807, 2.05) is 0 Å². The van der Waals surface area contributed by atoms with Crippen molar-refractivity contribution in [3.05, 3.63) is 89.5 Å². The van der Waals surface area contributed by atoms with Crippen LogP contribution in [0.4, 0.5) is 0 Å². The topological polar surface area (TPSA) is 29.5 Å². The zero-order valence-corrected chi connectivity index (χ0v) is 19.8. The fourth-order valence-electron chi connectivity index (χ4n) is 4.94. The summed E-state index contributed by atoms with van der Waals surface area (Å²) < 4.78 is 8.33. The fourth-order valence-corrected chi connectivity index (χ4v) is 8.85. The molecular weight excluding hydrogens is 439 g/mol. The summed E-state index contributed by atoms with van der Waals surface area (Å²) in [6, 6.07) is 25.8. The second-order valence-corrected chi connectivity index (χ2v) is 16.1. The van der Waals surface area contributed by atoms with Crippen LogP contribution in [0.15, 0.2) is 72.8 Å². The Bertz CT molecular complexity index is 1060. The van der Waals surface area contributed by atoms with E-state index in [0.29, 0.717) is 0 Å². The quantitative estimate of drug-likeness (QED) is 0.575. The molecule has 3 unspecified atom stereocenters. The van der Waals surface area contributed by atoms with Gasteiger partial charge in [-0.3, -0.25) is 0 Å². The molecule has 3 aromatic rings. The Labute approximate surface area is 180 Å². The predicted octanol–water partition coefficient (Wildman–Crippen LogP) is 4.50. The minimum atomic E-state index is -1.96. The van der Waals surface area contributed by atoms with Crippen molar-refractivity contribution in [2.75, 3.05) is 0 Å². The first-order valence-corrected chi connectivity index (χ1v) is 15.5. The van der Waals surface area contributed by atoms with Gasteiger partial charge in [-0.15, -0.1) is 0 Å². The van der Waals surface area contributed by atoms with Crippen molar-refractivity contribution < 1.29 is 9.53 Å². The maximum atomic E-state index is 11.9. The third kappa shape index (κ3) is 3.06. The molecule has 0 aliphatic heterocycles. The summed E-state index contributed by atoms with van der Waals surface area (Å²) in [5.74, 6) is 0. The number of aliphatic hydroxyl groups excluding tert-OH is 1.